The number of amides is 2. The lowest BCUT2D eigenvalue weighted by Gasteiger charge is -2.36. The Bertz CT molecular complexity index is 1360. The van der Waals surface area contributed by atoms with Crippen molar-refractivity contribution in [1.29, 1.82) is 0 Å². The number of carbonyl (C=O) groups is 2. The highest BCUT2D eigenvalue weighted by atomic mass is 32.2. The first-order chi connectivity index (χ1) is 16.4. The third-order valence-electron chi connectivity index (χ3n) is 6.44. The van der Waals surface area contributed by atoms with E-state index in [0.29, 0.717) is 31.7 Å². The van der Waals surface area contributed by atoms with E-state index in [9.17, 15) is 18.0 Å². The first-order valence-electron chi connectivity index (χ1n) is 11.3. The average molecular weight is 476 g/mol. The van der Waals surface area contributed by atoms with Crippen molar-refractivity contribution >= 4 is 33.0 Å². The number of carbonyl (C=O) groups excluding carboxylic acids is 2. The molecule has 7 nitrogen and oxygen atoms in total. The largest absolute Gasteiger partial charge is 0.368 e. The van der Waals surface area contributed by atoms with Gasteiger partial charge in [0.25, 0.3) is 11.8 Å². The van der Waals surface area contributed by atoms with Crippen molar-refractivity contribution in [3.63, 3.8) is 0 Å². The summed E-state index contributed by atoms with van der Waals surface area (Å²) in [5.41, 5.74) is 1.89. The summed E-state index contributed by atoms with van der Waals surface area (Å²) < 4.78 is 26.8. The third kappa shape index (κ3) is 3.64. The topological polar surface area (TPSA) is 78.0 Å². The van der Waals surface area contributed by atoms with Crippen LogP contribution in [0.5, 0.6) is 0 Å². The molecule has 174 valence electrons. The van der Waals surface area contributed by atoms with Crippen molar-refractivity contribution in [1.82, 2.24) is 4.90 Å². The molecule has 2 aliphatic rings. The Morgan fingerprint density at radius 2 is 1.53 bits per heavy atom. The van der Waals surface area contributed by atoms with Crippen molar-refractivity contribution in [2.75, 3.05) is 42.5 Å². The van der Waals surface area contributed by atoms with E-state index >= 15 is 0 Å². The highest BCUT2D eigenvalue weighted by Crippen LogP contribution is 2.37. The summed E-state index contributed by atoms with van der Waals surface area (Å²) in [4.78, 5) is 32.0. The van der Waals surface area contributed by atoms with E-state index in [-0.39, 0.29) is 39.4 Å². The summed E-state index contributed by atoms with van der Waals surface area (Å²) in [6, 6.07) is 20.9. The molecule has 0 saturated carbocycles. The third-order valence-corrected chi connectivity index (χ3v) is 8.30. The Kier molecular flexibility index (Phi) is 5.61. The summed E-state index contributed by atoms with van der Waals surface area (Å²) in [6.45, 7) is 4.62. The van der Waals surface area contributed by atoms with Gasteiger partial charge in [0.1, 0.15) is 0 Å². The fraction of sp³-hybridized carbons (Fsp3) is 0.231. The molecule has 0 N–H and O–H groups in total. The maximum absolute atomic E-state index is 13.4. The normalized spacial score (nSPS) is 17.1. The van der Waals surface area contributed by atoms with Gasteiger partial charge in [-0.3, -0.25) is 9.59 Å². The van der Waals surface area contributed by atoms with E-state index in [0.717, 1.165) is 5.69 Å². The molecule has 0 unspecified atom stereocenters. The number of hydrogen-bond donors (Lipinski definition) is 0. The molecule has 8 heteroatoms. The van der Waals surface area contributed by atoms with Gasteiger partial charge in [-0.2, -0.15) is 0 Å². The minimum absolute atomic E-state index is 0.00619. The quantitative estimate of drug-likeness (QED) is 0.580. The molecule has 0 atom stereocenters. The second-order valence-corrected chi connectivity index (χ2v) is 10.2. The van der Waals surface area contributed by atoms with E-state index in [1.807, 2.05) is 18.2 Å². The van der Waals surface area contributed by atoms with Crippen LogP contribution in [-0.4, -0.2) is 57.9 Å². The molecule has 2 amide bonds. The fourth-order valence-electron chi connectivity index (χ4n) is 4.64. The summed E-state index contributed by atoms with van der Waals surface area (Å²) in [6.07, 6.45) is 0. The Morgan fingerprint density at radius 1 is 0.853 bits per heavy atom. The van der Waals surface area contributed by atoms with E-state index < -0.39 is 9.84 Å². The van der Waals surface area contributed by atoms with Crippen LogP contribution in [0.4, 0.5) is 11.4 Å². The molecular weight excluding hydrogens is 450 g/mol. The number of benzene rings is 3. The minimum Gasteiger partial charge on any atom is -0.368 e. The molecule has 5 rings (SSSR count). The molecule has 0 aliphatic carbocycles. The number of fused-ring (bicyclic) bond motifs is 2. The lowest BCUT2D eigenvalue weighted by atomic mass is 10.1. The van der Waals surface area contributed by atoms with Crippen LogP contribution >= 0.6 is 0 Å². The van der Waals surface area contributed by atoms with Gasteiger partial charge in [-0.05, 0) is 49.4 Å². The average Bonchev–Trinajstić information content (AvgIpc) is 2.95. The van der Waals surface area contributed by atoms with Gasteiger partial charge in [-0.25, -0.2) is 8.42 Å². The molecule has 34 heavy (non-hydrogen) atoms. The van der Waals surface area contributed by atoms with Crippen LogP contribution in [-0.2, 0) is 9.84 Å². The van der Waals surface area contributed by atoms with Crippen molar-refractivity contribution in [3.05, 3.63) is 83.9 Å². The van der Waals surface area contributed by atoms with Gasteiger partial charge in [-0.1, -0.05) is 30.3 Å². The number of sulfone groups is 1. The van der Waals surface area contributed by atoms with Crippen LogP contribution in [0, 0.1) is 0 Å². The molecule has 3 aromatic carbocycles. The van der Waals surface area contributed by atoms with E-state index in [2.05, 4.69) is 17.0 Å². The highest BCUT2D eigenvalue weighted by Gasteiger charge is 2.35. The van der Waals surface area contributed by atoms with Crippen LogP contribution in [0.25, 0.3) is 0 Å². The van der Waals surface area contributed by atoms with Crippen molar-refractivity contribution < 1.29 is 18.0 Å². The van der Waals surface area contributed by atoms with Crippen molar-refractivity contribution in [2.24, 2.45) is 0 Å². The first kappa shape index (κ1) is 22.2. The summed E-state index contributed by atoms with van der Waals surface area (Å²) in [5, 5.41) is 0. The Labute approximate surface area is 199 Å². The highest BCUT2D eigenvalue weighted by molar-refractivity contribution is 7.91. The van der Waals surface area contributed by atoms with Crippen LogP contribution in [0.3, 0.4) is 0 Å². The maximum atomic E-state index is 13.4. The molecular formula is C26H25N3O4S. The zero-order chi connectivity index (χ0) is 23.9. The van der Waals surface area contributed by atoms with Gasteiger partial charge >= 0.3 is 0 Å². The summed E-state index contributed by atoms with van der Waals surface area (Å²) in [7, 11) is -3.91. The second kappa shape index (κ2) is 8.61. The van der Waals surface area contributed by atoms with E-state index in [1.54, 1.807) is 36.1 Å². The standard InChI is InChI=1S/C26H25N3O4S/c1-2-29-22-18-19(25(30)28-16-14-27(15-17-28)20-8-4-3-5-9-20)12-13-24(22)34(32,33)23-11-7-6-10-21(23)26(29)31/h3-13,18H,2,14-17H2,1H3. The van der Waals surface area contributed by atoms with Crippen molar-refractivity contribution in [3.8, 4) is 0 Å². The SMILES string of the molecule is CCN1C(=O)c2ccccc2S(=O)(=O)c2ccc(C(=O)N3CCN(c4ccccc4)CC3)cc21. The van der Waals surface area contributed by atoms with Gasteiger partial charge in [0.2, 0.25) is 9.84 Å². The minimum atomic E-state index is -3.91. The van der Waals surface area contributed by atoms with Gasteiger partial charge in [0.05, 0.1) is 21.0 Å². The van der Waals surface area contributed by atoms with Crippen LogP contribution < -0.4 is 9.80 Å². The molecule has 2 heterocycles. The number of nitrogens with zero attached hydrogens (tertiary/aromatic N) is 3. The molecule has 3 aromatic rings. The molecule has 0 aromatic heterocycles. The zero-order valence-electron chi connectivity index (χ0n) is 18.8. The maximum Gasteiger partial charge on any atom is 0.259 e. The number of piperazine rings is 1. The molecule has 0 radical (unpaired) electrons. The second-order valence-electron chi connectivity index (χ2n) is 8.35. The lowest BCUT2D eigenvalue weighted by Crippen LogP contribution is -2.48. The Balaban J connectivity index is 1.46. The van der Waals surface area contributed by atoms with Crippen molar-refractivity contribution in [2.45, 2.75) is 16.7 Å². The molecule has 1 saturated heterocycles. The monoisotopic (exact) mass is 475 g/mol. The molecule has 0 bridgehead atoms. The number of hydrogen-bond acceptors (Lipinski definition) is 5. The number of rotatable bonds is 3. The smallest absolute Gasteiger partial charge is 0.259 e. The van der Waals surface area contributed by atoms with E-state index in [4.69, 9.17) is 0 Å². The van der Waals surface area contributed by atoms with Crippen LogP contribution in [0.15, 0.2) is 82.6 Å². The van der Waals surface area contributed by atoms with Crippen LogP contribution in [0.2, 0.25) is 0 Å². The number of para-hydroxylation sites is 1. The summed E-state index contributed by atoms with van der Waals surface area (Å²) in [5.74, 6) is -0.556. The summed E-state index contributed by atoms with van der Waals surface area (Å²) >= 11 is 0. The van der Waals surface area contributed by atoms with Gasteiger partial charge in [0.15, 0.2) is 0 Å². The van der Waals surface area contributed by atoms with Gasteiger partial charge in [-0.15, -0.1) is 0 Å². The first-order valence-corrected chi connectivity index (χ1v) is 12.8. The number of anilines is 2. The molecule has 1 fully saturated rings. The fourth-order valence-corrected chi connectivity index (χ4v) is 6.27. The van der Waals surface area contributed by atoms with Gasteiger partial charge < -0.3 is 14.7 Å². The van der Waals surface area contributed by atoms with E-state index in [1.165, 1.54) is 23.1 Å². The molecule has 0 spiro atoms. The Hall–Kier alpha value is -3.65. The Morgan fingerprint density at radius 3 is 2.24 bits per heavy atom. The zero-order valence-corrected chi connectivity index (χ0v) is 19.7. The molecule has 2 aliphatic heterocycles. The lowest BCUT2D eigenvalue weighted by molar-refractivity contribution is 0.0746. The van der Waals surface area contributed by atoms with Gasteiger partial charge in [0, 0.05) is 44.0 Å². The van der Waals surface area contributed by atoms with Crippen LogP contribution in [0.1, 0.15) is 27.6 Å². The predicted octanol–water partition coefficient (Wildman–Crippen LogP) is 3.46. The predicted molar refractivity (Wildman–Crippen MR) is 130 cm³/mol.